The van der Waals surface area contributed by atoms with Crippen LogP contribution in [-0.4, -0.2) is 46.3 Å². The number of carbonyl (C=O) groups excluding carboxylic acids is 3. The standard InChI is InChI=1S/C25H25ClFN5O4S/c26-18-6-2-1-4-15(18)13-32(25(35)22-19(28)20(23(29)33)31-37-22)21(14-7-9-16(27)10-8-14)24(34)30-12-17-5-3-11-36-17/h1-2,4,6-10,17,21H,3,5,11-13,28H2,(H2,29,33)(H,30,34)/t17-,21-/m1/s1. The highest BCUT2D eigenvalue weighted by atomic mass is 35.5. The Morgan fingerprint density at radius 2 is 1.95 bits per heavy atom. The van der Waals surface area contributed by atoms with Gasteiger partial charge in [-0.05, 0) is 53.7 Å². The van der Waals surface area contributed by atoms with Crippen molar-refractivity contribution >= 4 is 46.5 Å². The van der Waals surface area contributed by atoms with Crippen molar-refractivity contribution < 1.29 is 23.5 Å². The molecule has 1 fully saturated rings. The second kappa shape index (κ2) is 11.7. The topological polar surface area (TPSA) is 141 Å². The number of carbonyl (C=O) groups is 3. The van der Waals surface area contributed by atoms with Gasteiger partial charge in [-0.2, -0.15) is 4.37 Å². The summed E-state index contributed by atoms with van der Waals surface area (Å²) in [5.74, 6) is -2.54. The maximum Gasteiger partial charge on any atom is 0.270 e. The molecule has 0 spiro atoms. The van der Waals surface area contributed by atoms with Crippen molar-refractivity contribution in [2.24, 2.45) is 5.73 Å². The van der Waals surface area contributed by atoms with Crippen molar-refractivity contribution in [2.45, 2.75) is 31.5 Å². The van der Waals surface area contributed by atoms with Crippen molar-refractivity contribution in [1.29, 1.82) is 0 Å². The molecule has 1 aromatic heterocycles. The quantitative estimate of drug-likeness (QED) is 0.377. The fourth-order valence-electron chi connectivity index (χ4n) is 4.08. The van der Waals surface area contributed by atoms with E-state index in [1.54, 1.807) is 24.3 Å². The number of nitrogen functional groups attached to an aromatic ring is 1. The summed E-state index contributed by atoms with van der Waals surface area (Å²) in [4.78, 5) is 40.5. The zero-order chi connectivity index (χ0) is 26.5. The van der Waals surface area contributed by atoms with Gasteiger partial charge in [0.2, 0.25) is 5.91 Å². The molecule has 0 saturated carbocycles. The lowest BCUT2D eigenvalue weighted by Gasteiger charge is -2.32. The van der Waals surface area contributed by atoms with E-state index in [4.69, 9.17) is 27.8 Å². The number of primary amides is 1. The maximum absolute atomic E-state index is 13.9. The SMILES string of the molecule is NC(=O)c1nsc(C(=O)N(Cc2ccccc2Cl)[C@@H](C(=O)NC[C@H]2CCCO2)c2ccc(F)cc2)c1N. The molecule has 4 rings (SSSR count). The highest BCUT2D eigenvalue weighted by molar-refractivity contribution is 7.09. The predicted molar refractivity (Wildman–Crippen MR) is 137 cm³/mol. The lowest BCUT2D eigenvalue weighted by molar-refractivity contribution is -0.126. The van der Waals surface area contributed by atoms with Crippen LogP contribution in [0.5, 0.6) is 0 Å². The third-order valence-electron chi connectivity index (χ3n) is 5.99. The van der Waals surface area contributed by atoms with Crippen molar-refractivity contribution in [3.05, 3.63) is 81.1 Å². The van der Waals surface area contributed by atoms with Gasteiger partial charge in [-0.1, -0.05) is 41.9 Å². The maximum atomic E-state index is 13.9. The van der Waals surface area contributed by atoms with Crippen LogP contribution in [0.25, 0.3) is 0 Å². The molecule has 9 nitrogen and oxygen atoms in total. The molecule has 2 atom stereocenters. The Morgan fingerprint density at radius 1 is 1.22 bits per heavy atom. The number of ether oxygens (including phenoxy) is 1. The van der Waals surface area contributed by atoms with Gasteiger partial charge in [0.05, 0.1) is 11.8 Å². The second-order valence-corrected chi connectivity index (χ2v) is 9.68. The first-order valence-corrected chi connectivity index (χ1v) is 12.7. The Morgan fingerprint density at radius 3 is 2.57 bits per heavy atom. The normalized spacial score (nSPS) is 15.8. The summed E-state index contributed by atoms with van der Waals surface area (Å²) in [5, 5.41) is 3.24. The third-order valence-corrected chi connectivity index (χ3v) is 7.21. The molecular weight excluding hydrogens is 521 g/mol. The van der Waals surface area contributed by atoms with Gasteiger partial charge in [0.1, 0.15) is 16.7 Å². The first-order chi connectivity index (χ1) is 17.8. The Balaban J connectivity index is 1.77. The molecule has 3 amide bonds. The number of nitrogens with zero attached hydrogens (tertiary/aromatic N) is 2. The smallest absolute Gasteiger partial charge is 0.270 e. The minimum absolute atomic E-state index is 0.0557. The Hall–Kier alpha value is -3.54. The third kappa shape index (κ3) is 6.07. The fraction of sp³-hybridized carbons (Fsp3) is 0.280. The van der Waals surface area contributed by atoms with E-state index in [0.717, 1.165) is 12.8 Å². The number of rotatable bonds is 9. The number of anilines is 1. The number of hydrogen-bond acceptors (Lipinski definition) is 7. The molecule has 2 aromatic carbocycles. The molecule has 0 unspecified atom stereocenters. The van der Waals surface area contributed by atoms with E-state index in [1.165, 1.54) is 29.2 Å². The van der Waals surface area contributed by atoms with Crippen molar-refractivity contribution in [3.8, 4) is 0 Å². The molecule has 12 heteroatoms. The van der Waals surface area contributed by atoms with Gasteiger partial charge in [-0.15, -0.1) is 0 Å². The summed E-state index contributed by atoms with van der Waals surface area (Å²) in [6.07, 6.45) is 1.56. The van der Waals surface area contributed by atoms with Gasteiger partial charge in [-0.3, -0.25) is 14.4 Å². The summed E-state index contributed by atoms with van der Waals surface area (Å²) >= 11 is 7.10. The van der Waals surface area contributed by atoms with Crippen LogP contribution in [-0.2, 0) is 16.1 Å². The van der Waals surface area contributed by atoms with Crippen molar-refractivity contribution in [2.75, 3.05) is 18.9 Å². The van der Waals surface area contributed by atoms with Gasteiger partial charge in [0.25, 0.3) is 11.8 Å². The number of halogens is 2. The number of aromatic nitrogens is 1. The predicted octanol–water partition coefficient (Wildman–Crippen LogP) is 3.30. The Labute approximate surface area is 221 Å². The van der Waals surface area contributed by atoms with Crippen LogP contribution in [0.15, 0.2) is 48.5 Å². The lowest BCUT2D eigenvalue weighted by Crippen LogP contribution is -2.45. The largest absolute Gasteiger partial charge is 0.395 e. The molecular formula is C25H25ClFN5O4S. The van der Waals surface area contributed by atoms with E-state index in [2.05, 4.69) is 9.69 Å². The number of amides is 3. The Kier molecular flexibility index (Phi) is 8.37. The molecule has 5 N–H and O–H groups in total. The molecule has 0 aliphatic carbocycles. The monoisotopic (exact) mass is 545 g/mol. The van der Waals surface area contributed by atoms with Crippen LogP contribution in [0.3, 0.4) is 0 Å². The van der Waals surface area contributed by atoms with Gasteiger partial charge < -0.3 is 26.4 Å². The molecule has 1 aliphatic rings. The fourth-order valence-corrected chi connectivity index (χ4v) is 5.04. The van der Waals surface area contributed by atoms with Crippen LogP contribution in [0.1, 0.15) is 50.2 Å². The van der Waals surface area contributed by atoms with Gasteiger partial charge >= 0.3 is 0 Å². The molecule has 1 saturated heterocycles. The van der Waals surface area contributed by atoms with Crippen LogP contribution in [0.4, 0.5) is 10.1 Å². The zero-order valence-corrected chi connectivity index (χ0v) is 21.2. The first-order valence-electron chi connectivity index (χ1n) is 11.5. The summed E-state index contributed by atoms with van der Waals surface area (Å²) in [6.45, 7) is 0.780. The lowest BCUT2D eigenvalue weighted by atomic mass is 10.0. The highest BCUT2D eigenvalue weighted by Crippen LogP contribution is 2.31. The van der Waals surface area contributed by atoms with Crippen LogP contribution < -0.4 is 16.8 Å². The number of hydrogen-bond donors (Lipinski definition) is 3. The van der Waals surface area contributed by atoms with E-state index in [9.17, 15) is 18.8 Å². The molecule has 2 heterocycles. The second-order valence-electron chi connectivity index (χ2n) is 8.50. The molecule has 37 heavy (non-hydrogen) atoms. The molecule has 194 valence electrons. The van der Waals surface area contributed by atoms with E-state index >= 15 is 0 Å². The van der Waals surface area contributed by atoms with E-state index in [1.807, 2.05) is 0 Å². The van der Waals surface area contributed by atoms with Crippen molar-refractivity contribution in [1.82, 2.24) is 14.6 Å². The molecule has 3 aromatic rings. The van der Waals surface area contributed by atoms with Gasteiger partial charge in [-0.25, -0.2) is 4.39 Å². The average molecular weight is 546 g/mol. The van der Waals surface area contributed by atoms with E-state index in [0.29, 0.717) is 34.3 Å². The van der Waals surface area contributed by atoms with E-state index in [-0.39, 0.29) is 35.5 Å². The molecule has 0 bridgehead atoms. The minimum Gasteiger partial charge on any atom is -0.395 e. The zero-order valence-electron chi connectivity index (χ0n) is 19.7. The van der Waals surface area contributed by atoms with Crippen LogP contribution in [0, 0.1) is 5.82 Å². The first kappa shape index (κ1) is 26.5. The molecule has 1 aliphatic heterocycles. The van der Waals surface area contributed by atoms with Crippen LogP contribution in [0.2, 0.25) is 5.02 Å². The van der Waals surface area contributed by atoms with Gasteiger partial charge in [0.15, 0.2) is 5.69 Å². The van der Waals surface area contributed by atoms with Gasteiger partial charge in [0, 0.05) is 24.7 Å². The summed E-state index contributed by atoms with van der Waals surface area (Å²) in [7, 11) is 0. The Bertz CT molecular complexity index is 1300. The van der Waals surface area contributed by atoms with Crippen LogP contribution >= 0.6 is 23.1 Å². The van der Waals surface area contributed by atoms with E-state index < -0.39 is 29.6 Å². The summed E-state index contributed by atoms with van der Waals surface area (Å²) < 4.78 is 23.3. The number of nitrogens with one attached hydrogen (secondary N) is 1. The molecule has 0 radical (unpaired) electrons. The summed E-state index contributed by atoms with van der Waals surface area (Å²) in [5.41, 5.74) is 11.9. The van der Waals surface area contributed by atoms with Crippen molar-refractivity contribution in [3.63, 3.8) is 0 Å². The highest BCUT2D eigenvalue weighted by Gasteiger charge is 2.35. The minimum atomic E-state index is -1.19. The summed E-state index contributed by atoms with van der Waals surface area (Å²) in [6, 6.07) is 11.0. The number of nitrogens with two attached hydrogens (primary N) is 2. The number of benzene rings is 2. The average Bonchev–Trinajstić information content (AvgIpc) is 3.54.